The summed E-state index contributed by atoms with van der Waals surface area (Å²) in [7, 11) is 0. The van der Waals surface area contributed by atoms with Crippen molar-refractivity contribution in [3.8, 4) is 39.5 Å². The Kier molecular flexibility index (Phi) is 7.30. The SMILES string of the molecule is Fc1ccc2s[c-]c(-c3nc4ccccc4n3-c3ccc(-c4ccccc4)cc3)c2c1.[2H]C([2H])([2H])c1c[c-]c(-c2ccc(C([2H])([2H])[2H])cn2)cc1.[Ir]. The summed E-state index contributed by atoms with van der Waals surface area (Å²) in [4.78, 5) is 8.98. The second-order valence-electron chi connectivity index (χ2n) is 10.3. The molecule has 227 valence electrons. The van der Waals surface area contributed by atoms with Crippen LogP contribution in [0.15, 0.2) is 134 Å². The van der Waals surface area contributed by atoms with E-state index in [0.29, 0.717) is 11.3 Å². The van der Waals surface area contributed by atoms with Crippen LogP contribution in [0.5, 0.6) is 0 Å². The molecule has 6 heteroatoms. The Hall–Kier alpha value is -4.74. The van der Waals surface area contributed by atoms with E-state index < -0.39 is 13.7 Å². The molecule has 0 aliphatic heterocycles. The normalized spacial score (nSPS) is 13.2. The molecule has 0 aliphatic carbocycles. The van der Waals surface area contributed by atoms with Crippen molar-refractivity contribution in [2.75, 3.05) is 0 Å². The monoisotopic (exact) mass is 800 g/mol. The molecule has 0 N–H and O–H groups in total. The number of halogens is 1. The van der Waals surface area contributed by atoms with Gasteiger partial charge in [-0.1, -0.05) is 101 Å². The van der Waals surface area contributed by atoms with Gasteiger partial charge in [-0.15, -0.1) is 40.8 Å². The summed E-state index contributed by atoms with van der Waals surface area (Å²) in [5.74, 6) is 0.515. The number of hydrogen-bond acceptors (Lipinski definition) is 3. The number of para-hydroxylation sites is 2. The van der Waals surface area contributed by atoms with Crippen LogP contribution in [0.3, 0.4) is 0 Å². The van der Waals surface area contributed by atoms with Crippen LogP contribution in [0.1, 0.15) is 19.4 Å². The van der Waals surface area contributed by atoms with E-state index in [4.69, 9.17) is 13.2 Å². The van der Waals surface area contributed by atoms with Crippen LogP contribution < -0.4 is 0 Å². The fourth-order valence-corrected chi connectivity index (χ4v) is 5.96. The number of imidazole rings is 1. The Bertz CT molecular complexity index is 2390. The molecule has 8 rings (SSSR count). The fraction of sp³-hybridized carbons (Fsp3) is 0.0500. The standard InChI is InChI=1S/C27H16FN2S.C13H12N.Ir/c28-20-12-15-26-22(16-20)23(17-31-26)27-29-24-8-4-5-9-25(24)30(27)21-13-10-19(11-14-21)18-6-2-1-3-7-18;1-10-3-6-12(7-4-10)13-8-5-11(2)9-14-13;/h1-16H;3-6,8-9H,1-2H3;/q2*-1;/i;1D3,2D3;. The second-order valence-corrected chi connectivity index (χ2v) is 11.2. The molecule has 0 saturated carbocycles. The summed E-state index contributed by atoms with van der Waals surface area (Å²) >= 11 is 1.49. The first-order valence-corrected chi connectivity index (χ1v) is 15.0. The van der Waals surface area contributed by atoms with E-state index >= 15 is 0 Å². The third kappa shape index (κ3) is 6.47. The molecule has 0 saturated heterocycles. The van der Waals surface area contributed by atoms with Crippen molar-refractivity contribution in [2.45, 2.75) is 13.7 Å². The van der Waals surface area contributed by atoms with Crippen LogP contribution in [-0.4, -0.2) is 14.5 Å². The van der Waals surface area contributed by atoms with Crippen LogP contribution in [0.2, 0.25) is 0 Å². The van der Waals surface area contributed by atoms with Gasteiger partial charge in [0.25, 0.3) is 0 Å². The average molecular weight is 800 g/mol. The van der Waals surface area contributed by atoms with E-state index in [1.54, 1.807) is 24.3 Å². The Labute approximate surface area is 293 Å². The van der Waals surface area contributed by atoms with Gasteiger partial charge in [-0.05, 0) is 59.6 Å². The number of fused-ring (bicyclic) bond motifs is 2. The van der Waals surface area contributed by atoms with Crippen molar-refractivity contribution in [1.82, 2.24) is 14.5 Å². The third-order valence-electron chi connectivity index (χ3n) is 7.34. The first-order valence-electron chi connectivity index (χ1n) is 17.2. The van der Waals surface area contributed by atoms with Gasteiger partial charge in [-0.3, -0.25) is 16.3 Å². The Balaban J connectivity index is 0.000000193. The molecule has 0 fully saturated rings. The number of benzene rings is 5. The summed E-state index contributed by atoms with van der Waals surface area (Å²) in [5, 5.41) is 4.19. The van der Waals surface area contributed by atoms with Crippen LogP contribution >= 0.6 is 11.3 Å². The number of pyridine rings is 1. The van der Waals surface area contributed by atoms with Crippen molar-refractivity contribution in [3.05, 3.63) is 162 Å². The Morgan fingerprint density at radius 2 is 1.54 bits per heavy atom. The van der Waals surface area contributed by atoms with Gasteiger partial charge in [0.05, 0.1) is 16.9 Å². The van der Waals surface area contributed by atoms with Crippen LogP contribution in [0.25, 0.3) is 60.6 Å². The summed E-state index contributed by atoms with van der Waals surface area (Å²) in [5.41, 5.74) is 7.62. The molecule has 0 aliphatic rings. The maximum Gasteiger partial charge on any atom is 0.113 e. The number of rotatable bonds is 4. The molecule has 0 bridgehead atoms. The zero-order valence-corrected chi connectivity index (χ0v) is 27.4. The van der Waals surface area contributed by atoms with Crippen LogP contribution in [0, 0.1) is 31.0 Å². The Morgan fingerprint density at radius 3 is 2.28 bits per heavy atom. The minimum Gasteiger partial charge on any atom is -0.333 e. The van der Waals surface area contributed by atoms with Crippen molar-refractivity contribution in [3.63, 3.8) is 0 Å². The van der Waals surface area contributed by atoms with Gasteiger partial charge in [0, 0.05) is 40.2 Å². The first kappa shape index (κ1) is 24.5. The molecule has 3 aromatic heterocycles. The smallest absolute Gasteiger partial charge is 0.113 e. The fourth-order valence-electron chi connectivity index (χ4n) is 5.14. The maximum atomic E-state index is 14.0. The first-order chi connectivity index (χ1) is 24.5. The number of hydrogen-bond donors (Lipinski definition) is 0. The van der Waals surface area contributed by atoms with Crippen LogP contribution in [-0.2, 0) is 20.1 Å². The molecule has 46 heavy (non-hydrogen) atoms. The van der Waals surface area contributed by atoms with Gasteiger partial charge >= 0.3 is 0 Å². The molecule has 0 amide bonds. The van der Waals surface area contributed by atoms with Crippen LogP contribution in [0.4, 0.5) is 4.39 Å². The predicted octanol–water partition coefficient (Wildman–Crippen LogP) is 10.7. The number of thiophene rings is 1. The summed E-state index contributed by atoms with van der Waals surface area (Å²) in [6.07, 6.45) is 1.30. The predicted molar refractivity (Wildman–Crippen MR) is 184 cm³/mol. The quantitative estimate of drug-likeness (QED) is 0.166. The molecule has 1 radical (unpaired) electrons. The second kappa shape index (κ2) is 13.7. The van der Waals surface area contributed by atoms with Crippen molar-refractivity contribution in [1.29, 1.82) is 0 Å². The van der Waals surface area contributed by atoms with Gasteiger partial charge in [0.1, 0.15) is 5.82 Å². The van der Waals surface area contributed by atoms with Gasteiger partial charge in [-0.2, -0.15) is 0 Å². The molecular formula is C40H28FIrN3S-2. The number of aromatic nitrogens is 3. The van der Waals surface area contributed by atoms with E-state index in [2.05, 4.69) is 63.5 Å². The third-order valence-corrected chi connectivity index (χ3v) is 8.23. The van der Waals surface area contributed by atoms with E-state index in [1.165, 1.54) is 47.4 Å². The van der Waals surface area contributed by atoms with E-state index in [9.17, 15) is 4.39 Å². The molecule has 0 spiro atoms. The Morgan fingerprint density at radius 1 is 0.783 bits per heavy atom. The van der Waals surface area contributed by atoms with E-state index in [0.717, 1.165) is 43.8 Å². The number of nitrogens with zero attached hydrogens (tertiary/aromatic N) is 3. The molecule has 8 aromatic rings. The maximum absolute atomic E-state index is 14.0. The van der Waals surface area contributed by atoms with E-state index in [1.807, 2.05) is 36.4 Å². The summed E-state index contributed by atoms with van der Waals surface area (Å²) < 4.78 is 60.8. The zero-order valence-electron chi connectivity index (χ0n) is 30.2. The van der Waals surface area contributed by atoms with Gasteiger partial charge in [0.15, 0.2) is 0 Å². The van der Waals surface area contributed by atoms with Crippen molar-refractivity contribution >= 4 is 32.5 Å². The summed E-state index contributed by atoms with van der Waals surface area (Å²) in [6, 6.07) is 42.1. The molecular weight excluding hydrogens is 766 g/mol. The minimum absolute atomic E-state index is 0. The average Bonchev–Trinajstić information content (AvgIpc) is 3.73. The minimum atomic E-state index is -2.18. The zero-order chi connectivity index (χ0) is 35.8. The molecule has 0 unspecified atom stereocenters. The molecule has 3 heterocycles. The van der Waals surface area contributed by atoms with Gasteiger partial charge < -0.3 is 9.55 Å². The topological polar surface area (TPSA) is 30.7 Å². The van der Waals surface area contributed by atoms with Gasteiger partial charge in [0.2, 0.25) is 0 Å². The molecule has 5 aromatic carbocycles. The van der Waals surface area contributed by atoms with Gasteiger partial charge in [-0.25, -0.2) is 4.39 Å². The molecule has 3 nitrogen and oxygen atoms in total. The van der Waals surface area contributed by atoms with Crippen molar-refractivity contribution < 1.29 is 32.7 Å². The largest absolute Gasteiger partial charge is 0.333 e. The van der Waals surface area contributed by atoms with E-state index in [-0.39, 0.29) is 37.0 Å². The number of aryl methyl sites for hydroxylation is 2. The van der Waals surface area contributed by atoms with Crippen molar-refractivity contribution in [2.24, 2.45) is 0 Å². The summed E-state index contributed by atoms with van der Waals surface area (Å²) in [6.45, 7) is -4.34. The molecule has 0 atom stereocenters.